The quantitative estimate of drug-likeness (QED) is 0.0847. The number of pyridine rings is 1. The molecule has 0 aliphatic heterocycles. The van der Waals surface area contributed by atoms with E-state index in [0.717, 1.165) is 65.5 Å². The normalized spacial score (nSPS) is 12.0. The minimum absolute atomic E-state index is 0. The molecule has 0 saturated carbocycles. The third-order valence-electron chi connectivity index (χ3n) is 9.81. The summed E-state index contributed by atoms with van der Waals surface area (Å²) in [6, 6.07) is 31.1. The first kappa shape index (κ1) is 39.7. The van der Waals surface area contributed by atoms with Crippen molar-refractivity contribution in [3.05, 3.63) is 114 Å². The maximum absolute atomic E-state index is 11.7. The number of aryl methyl sites for hydroxylation is 1. The van der Waals surface area contributed by atoms with Crippen molar-refractivity contribution in [1.29, 1.82) is 0 Å². The standard InChI is InChI=1S/C33H28NO.C13H24O2.Ir/c1-21-20-34-29(18-24(21)19-33(2,3)4)23-10-7-9-22(17-23)25-12-8-13-27-26(25)15-16-31-32(27)28-11-5-6-14-30(28)35-31;1-5-10(6-2)12(14)9-13(15)11(7-3)8-4;/h5-9,11-18,20H,19H2,1-4H3;9-11,14H,5-8H2,1-4H3;/q-1;;/b;12-9-;. The number of carbonyl (C=O) groups is 1. The molecule has 1 N–H and O–H groups in total. The number of aliphatic hydroxyl groups excluding tert-OH is 1. The number of hydrogen-bond acceptors (Lipinski definition) is 4. The molecule has 5 heteroatoms. The largest absolute Gasteiger partial charge is 0.512 e. The van der Waals surface area contributed by atoms with Gasteiger partial charge in [0.15, 0.2) is 5.78 Å². The fourth-order valence-corrected chi connectivity index (χ4v) is 6.87. The van der Waals surface area contributed by atoms with Gasteiger partial charge < -0.3 is 14.5 Å². The zero-order chi connectivity index (χ0) is 36.0. The maximum atomic E-state index is 11.7. The van der Waals surface area contributed by atoms with Crippen LogP contribution in [0, 0.1) is 30.2 Å². The van der Waals surface area contributed by atoms with Gasteiger partial charge in [-0.1, -0.05) is 103 Å². The molecule has 0 atom stereocenters. The Morgan fingerprint density at radius 3 is 2.22 bits per heavy atom. The molecule has 0 bridgehead atoms. The zero-order valence-electron chi connectivity index (χ0n) is 31.4. The summed E-state index contributed by atoms with van der Waals surface area (Å²) in [6.07, 6.45) is 7.92. The Morgan fingerprint density at radius 2 is 1.53 bits per heavy atom. The molecule has 2 aromatic heterocycles. The van der Waals surface area contributed by atoms with Gasteiger partial charge in [0, 0.05) is 55.0 Å². The van der Waals surface area contributed by atoms with Crippen molar-refractivity contribution in [1.82, 2.24) is 4.98 Å². The smallest absolute Gasteiger partial charge is 0.162 e. The molecular weight excluding hydrogens is 807 g/mol. The van der Waals surface area contributed by atoms with Crippen LogP contribution in [0.15, 0.2) is 101 Å². The van der Waals surface area contributed by atoms with Crippen LogP contribution in [-0.4, -0.2) is 15.9 Å². The summed E-state index contributed by atoms with van der Waals surface area (Å²) in [4.78, 5) is 16.5. The first-order chi connectivity index (χ1) is 24.0. The third-order valence-corrected chi connectivity index (χ3v) is 9.81. The Kier molecular flexibility index (Phi) is 13.6. The number of nitrogens with zero attached hydrogens (tertiary/aromatic N) is 1. The topological polar surface area (TPSA) is 63.3 Å². The molecule has 51 heavy (non-hydrogen) atoms. The average Bonchev–Trinajstić information content (AvgIpc) is 3.49. The molecule has 4 aromatic carbocycles. The fraction of sp³-hybridized carbons (Fsp3) is 0.348. The second kappa shape index (κ2) is 17.4. The van der Waals surface area contributed by atoms with Gasteiger partial charge in [-0.15, -0.1) is 35.4 Å². The first-order valence-corrected chi connectivity index (χ1v) is 18.2. The van der Waals surface area contributed by atoms with Crippen molar-refractivity contribution in [3.63, 3.8) is 0 Å². The molecule has 1 radical (unpaired) electrons. The second-order valence-corrected chi connectivity index (χ2v) is 14.7. The monoisotopic (exact) mass is 859 g/mol. The van der Waals surface area contributed by atoms with Crippen LogP contribution in [0.2, 0.25) is 0 Å². The Labute approximate surface area is 317 Å². The van der Waals surface area contributed by atoms with Crippen molar-refractivity contribution >= 4 is 38.5 Å². The van der Waals surface area contributed by atoms with Gasteiger partial charge in [0.2, 0.25) is 0 Å². The maximum Gasteiger partial charge on any atom is 0.162 e. The minimum Gasteiger partial charge on any atom is -0.512 e. The van der Waals surface area contributed by atoms with Gasteiger partial charge >= 0.3 is 0 Å². The van der Waals surface area contributed by atoms with E-state index in [-0.39, 0.29) is 48.9 Å². The van der Waals surface area contributed by atoms with Crippen LogP contribution in [0.4, 0.5) is 0 Å². The Hall–Kier alpha value is -4.05. The molecule has 6 rings (SSSR count). The van der Waals surface area contributed by atoms with E-state index in [1.165, 1.54) is 38.9 Å². The summed E-state index contributed by atoms with van der Waals surface area (Å²) in [5.74, 6) is 0.547. The van der Waals surface area contributed by atoms with Crippen LogP contribution >= 0.6 is 0 Å². The summed E-state index contributed by atoms with van der Waals surface area (Å²) in [5.41, 5.74) is 9.01. The molecule has 2 heterocycles. The number of para-hydroxylation sites is 1. The Morgan fingerprint density at radius 1 is 0.843 bits per heavy atom. The van der Waals surface area contributed by atoms with E-state index in [0.29, 0.717) is 0 Å². The SMILES string of the molecule is CCC(CC)C(=O)/C=C(\O)C(CC)CC.Cc1cnc(-c2[c-]ccc(-c3cccc4c3ccc3oc5ccccc5c34)c2)cc1CC(C)(C)C.[Ir]. The molecule has 0 amide bonds. The van der Waals surface area contributed by atoms with Crippen molar-refractivity contribution in [2.24, 2.45) is 17.3 Å². The van der Waals surface area contributed by atoms with E-state index in [9.17, 15) is 9.90 Å². The van der Waals surface area contributed by atoms with Crippen LogP contribution in [0.5, 0.6) is 0 Å². The molecular formula is C46H52IrNO3-. The van der Waals surface area contributed by atoms with E-state index in [1.807, 2.05) is 52.1 Å². The minimum atomic E-state index is 0. The molecule has 0 aliphatic rings. The van der Waals surface area contributed by atoms with Crippen molar-refractivity contribution in [3.8, 4) is 22.4 Å². The number of ketones is 1. The molecule has 6 aromatic rings. The number of allylic oxidation sites excluding steroid dienone is 2. The van der Waals surface area contributed by atoms with Crippen LogP contribution in [0.3, 0.4) is 0 Å². The predicted molar refractivity (Wildman–Crippen MR) is 210 cm³/mol. The van der Waals surface area contributed by atoms with Gasteiger partial charge in [0.1, 0.15) is 11.2 Å². The van der Waals surface area contributed by atoms with E-state index in [4.69, 9.17) is 9.40 Å². The van der Waals surface area contributed by atoms with Gasteiger partial charge in [-0.25, -0.2) is 0 Å². The van der Waals surface area contributed by atoms with E-state index < -0.39 is 0 Å². The number of aromatic nitrogens is 1. The number of fused-ring (bicyclic) bond motifs is 5. The first-order valence-electron chi connectivity index (χ1n) is 18.2. The van der Waals surface area contributed by atoms with Gasteiger partial charge in [0.25, 0.3) is 0 Å². The molecule has 0 unspecified atom stereocenters. The predicted octanol–water partition coefficient (Wildman–Crippen LogP) is 13.0. The summed E-state index contributed by atoms with van der Waals surface area (Å²) >= 11 is 0. The second-order valence-electron chi connectivity index (χ2n) is 14.7. The van der Waals surface area contributed by atoms with Crippen molar-refractivity contribution in [2.75, 3.05) is 0 Å². The summed E-state index contributed by atoms with van der Waals surface area (Å²) in [5, 5.41) is 14.5. The summed E-state index contributed by atoms with van der Waals surface area (Å²) < 4.78 is 6.13. The van der Waals surface area contributed by atoms with Gasteiger partial charge in [-0.05, 0) is 84.2 Å². The number of aliphatic hydroxyl groups is 1. The molecule has 4 nitrogen and oxygen atoms in total. The van der Waals surface area contributed by atoms with Crippen LogP contribution < -0.4 is 0 Å². The number of rotatable bonds is 10. The summed E-state index contributed by atoms with van der Waals surface area (Å²) in [7, 11) is 0. The van der Waals surface area contributed by atoms with Crippen LogP contribution in [-0.2, 0) is 31.3 Å². The van der Waals surface area contributed by atoms with E-state index in [2.05, 4.69) is 94.4 Å². The molecule has 0 spiro atoms. The number of carbonyl (C=O) groups excluding carboxylic acids is 1. The Balaban J connectivity index is 0.000000312. The van der Waals surface area contributed by atoms with Crippen LogP contribution in [0.1, 0.15) is 85.3 Å². The molecule has 0 saturated heterocycles. The van der Waals surface area contributed by atoms with Crippen molar-refractivity contribution in [2.45, 2.75) is 87.5 Å². The van der Waals surface area contributed by atoms with Gasteiger partial charge in [0.05, 0.1) is 5.76 Å². The number of benzene rings is 4. The molecule has 0 aliphatic carbocycles. The van der Waals surface area contributed by atoms with Crippen molar-refractivity contribution < 1.29 is 34.4 Å². The van der Waals surface area contributed by atoms with Gasteiger partial charge in [-0.3, -0.25) is 4.79 Å². The number of hydrogen-bond donors (Lipinski definition) is 1. The third kappa shape index (κ3) is 9.25. The summed E-state index contributed by atoms with van der Waals surface area (Å²) in [6.45, 7) is 17.1. The van der Waals surface area contributed by atoms with Crippen LogP contribution in [0.25, 0.3) is 55.1 Å². The zero-order valence-corrected chi connectivity index (χ0v) is 33.8. The fourth-order valence-electron chi connectivity index (χ4n) is 6.87. The van der Waals surface area contributed by atoms with E-state index >= 15 is 0 Å². The molecule has 0 fully saturated rings. The Bertz CT molecular complexity index is 2130. The van der Waals surface area contributed by atoms with E-state index in [1.54, 1.807) is 0 Å². The average molecular weight is 859 g/mol. The number of furan rings is 1. The van der Waals surface area contributed by atoms with Gasteiger partial charge in [-0.2, -0.15) is 0 Å². The molecule has 269 valence electrons.